The summed E-state index contributed by atoms with van der Waals surface area (Å²) in [5, 5.41) is 25.2. The zero-order chi connectivity index (χ0) is 3.58. The fraction of sp³-hybridized carbons (Fsp3) is 0. The van der Waals surface area contributed by atoms with Crippen LogP contribution in [0.15, 0.2) is 0 Å². The van der Waals surface area contributed by atoms with Crippen LogP contribution in [0.4, 0.5) is 0 Å². The molecule has 3 nitrogen and oxygen atoms in total. The zero-order valence-corrected chi connectivity index (χ0v) is 14.2. The van der Waals surface area contributed by atoms with Crippen LogP contribution in [0.1, 0.15) is 0 Å². The number of rotatable bonds is 0. The Morgan fingerprint density at radius 2 is 1.00 bits per heavy atom. The van der Waals surface area contributed by atoms with Crippen molar-refractivity contribution in [2.45, 2.75) is 0 Å². The summed E-state index contributed by atoms with van der Waals surface area (Å²) in [6.45, 7) is 0. The molecule has 0 heterocycles. The van der Waals surface area contributed by atoms with E-state index in [0.717, 1.165) is 0 Å². The normalized spacial score (nSPS) is 4.50. The molecule has 0 spiro atoms. The van der Waals surface area contributed by atoms with E-state index in [1.165, 1.54) is 0 Å². The largest absolute Gasteiger partial charge is 2.00 e. The molecule has 0 aliphatic heterocycles. The third kappa shape index (κ3) is 25.6. The van der Waals surface area contributed by atoms with E-state index in [0.29, 0.717) is 0 Å². The van der Waals surface area contributed by atoms with Gasteiger partial charge in [0.05, 0.1) is 0 Å². The molecule has 6 heteroatoms. The van der Waals surface area contributed by atoms with Gasteiger partial charge in [-0.15, -0.1) is 0 Å². The maximum atomic E-state index is 8.42. The Kier molecular flexibility index (Phi) is 30.9. The minimum atomic E-state index is -2.92. The first-order chi connectivity index (χ1) is 1.73. The molecule has 0 rings (SSSR count). The van der Waals surface area contributed by atoms with Gasteiger partial charge in [-0.1, -0.05) is 0 Å². The van der Waals surface area contributed by atoms with Crippen LogP contribution in [0.25, 0.3) is 0 Å². The van der Waals surface area contributed by atoms with E-state index in [1.807, 2.05) is 0 Å². The second-order valence-electron chi connectivity index (χ2n) is 0.289. The molecule has 0 aromatic heterocycles. The molecular weight excluding hydrogens is 329 g/mol. The Bertz CT molecular complexity index is 15.5. The molecule has 0 amide bonds. The second-order valence-corrected chi connectivity index (χ2v) is 0.289. The SMILES string of the molecule is [Ba+2].[Cs+].[O-]B([O-])[O-]. The summed E-state index contributed by atoms with van der Waals surface area (Å²) in [4.78, 5) is 0. The predicted molar refractivity (Wildman–Crippen MR) is 11.5 cm³/mol. The summed E-state index contributed by atoms with van der Waals surface area (Å²) in [7, 11) is -2.92. The first-order valence-corrected chi connectivity index (χ1v) is 0.707. The fourth-order valence-corrected chi connectivity index (χ4v) is 0. The van der Waals surface area contributed by atoms with Gasteiger partial charge in [-0.25, -0.2) is 0 Å². The molecule has 0 radical (unpaired) electrons. The first-order valence-electron chi connectivity index (χ1n) is 0.707. The Morgan fingerprint density at radius 1 is 1.00 bits per heavy atom. The second kappa shape index (κ2) is 11.4. The van der Waals surface area contributed by atoms with Crippen molar-refractivity contribution in [2.24, 2.45) is 0 Å². The van der Waals surface area contributed by atoms with Crippen LogP contribution in [-0.4, -0.2) is 56.2 Å². The third-order valence-electron chi connectivity index (χ3n) is 0. The van der Waals surface area contributed by atoms with Crippen LogP contribution in [0, 0.1) is 0 Å². The van der Waals surface area contributed by atoms with Crippen molar-refractivity contribution in [1.82, 2.24) is 0 Å². The van der Waals surface area contributed by atoms with E-state index in [4.69, 9.17) is 15.1 Å². The predicted octanol–water partition coefficient (Wildman–Crippen LogP) is -7.32. The van der Waals surface area contributed by atoms with Gasteiger partial charge in [-0.05, 0) is 0 Å². The molecule has 0 atom stereocenters. The average Bonchev–Trinajstić information content (AvgIpc) is 0.811. The molecule has 0 N–H and O–H groups in total. The van der Waals surface area contributed by atoms with Gasteiger partial charge in [0, 0.05) is 0 Å². The molecule has 24 valence electrons. The Morgan fingerprint density at radius 3 is 1.00 bits per heavy atom. The van der Waals surface area contributed by atoms with Crippen molar-refractivity contribution in [3.8, 4) is 0 Å². The topological polar surface area (TPSA) is 69.2 Å². The smallest absolute Gasteiger partial charge is 0.907 e. The number of hydrogen-bond donors (Lipinski definition) is 0. The van der Waals surface area contributed by atoms with Gasteiger partial charge in [0.25, 0.3) is 0 Å². The van der Waals surface area contributed by atoms with E-state index < -0.39 is 7.32 Å². The summed E-state index contributed by atoms with van der Waals surface area (Å²) in [5.41, 5.74) is 0. The van der Waals surface area contributed by atoms with Crippen molar-refractivity contribution in [1.29, 1.82) is 0 Å². The molecule has 0 aromatic carbocycles. The van der Waals surface area contributed by atoms with Crippen molar-refractivity contribution in [3.05, 3.63) is 0 Å². The number of hydrogen-bond acceptors (Lipinski definition) is 3. The summed E-state index contributed by atoms with van der Waals surface area (Å²) < 4.78 is 0. The zero-order valence-electron chi connectivity index (χ0n) is 3.51. The van der Waals surface area contributed by atoms with Crippen molar-refractivity contribution in [3.63, 3.8) is 0 Å². The van der Waals surface area contributed by atoms with Gasteiger partial charge < -0.3 is 15.1 Å². The van der Waals surface area contributed by atoms with E-state index in [1.54, 1.807) is 0 Å². The van der Waals surface area contributed by atoms with Crippen LogP contribution in [0.5, 0.6) is 0 Å². The quantitative estimate of drug-likeness (QED) is 0.415. The van der Waals surface area contributed by atoms with Crippen LogP contribution in [-0.2, 0) is 0 Å². The molecule has 0 saturated carbocycles. The van der Waals surface area contributed by atoms with Gasteiger partial charge in [-0.3, -0.25) is 7.32 Å². The van der Waals surface area contributed by atoms with Gasteiger partial charge in [-0.2, -0.15) is 0 Å². The minimum Gasteiger partial charge on any atom is -0.907 e. The maximum Gasteiger partial charge on any atom is 2.00 e. The Hall–Kier alpha value is 3.57. The van der Waals surface area contributed by atoms with Gasteiger partial charge in [0.1, 0.15) is 0 Å². The molecule has 0 saturated heterocycles. The standard InChI is InChI=1S/BO3.Ba.Cs/c2-1(3)4;;/q-3;+2;+1. The fourth-order valence-electron chi connectivity index (χ4n) is 0. The molecule has 0 unspecified atom stereocenters. The monoisotopic (exact) mass is 330 g/mol. The Labute approximate surface area is 136 Å². The molecule has 0 aliphatic rings. The minimum absolute atomic E-state index is 0. The summed E-state index contributed by atoms with van der Waals surface area (Å²) in [6, 6.07) is 0. The summed E-state index contributed by atoms with van der Waals surface area (Å²) in [5.74, 6) is 0. The van der Waals surface area contributed by atoms with Crippen molar-refractivity contribution >= 4 is 56.2 Å². The van der Waals surface area contributed by atoms with E-state index in [-0.39, 0.29) is 118 Å². The third-order valence-corrected chi connectivity index (χ3v) is 0. The maximum absolute atomic E-state index is 8.42. The van der Waals surface area contributed by atoms with Crippen LogP contribution in [0.3, 0.4) is 0 Å². The van der Waals surface area contributed by atoms with E-state index >= 15 is 0 Å². The molecule has 0 bridgehead atoms. The van der Waals surface area contributed by atoms with E-state index in [2.05, 4.69) is 0 Å². The molecule has 6 heavy (non-hydrogen) atoms. The van der Waals surface area contributed by atoms with Crippen LogP contribution >= 0.6 is 0 Å². The molecule has 0 fully saturated rings. The van der Waals surface area contributed by atoms with Crippen LogP contribution in [0.2, 0.25) is 0 Å². The summed E-state index contributed by atoms with van der Waals surface area (Å²) >= 11 is 0. The van der Waals surface area contributed by atoms with Crippen LogP contribution < -0.4 is 84.0 Å². The molecule has 0 aliphatic carbocycles. The van der Waals surface area contributed by atoms with E-state index in [9.17, 15) is 0 Å². The van der Waals surface area contributed by atoms with Crippen molar-refractivity contribution < 1.29 is 84.0 Å². The molecule has 0 aromatic rings. The van der Waals surface area contributed by atoms with Crippen molar-refractivity contribution in [2.75, 3.05) is 0 Å². The average molecular weight is 329 g/mol. The van der Waals surface area contributed by atoms with Gasteiger partial charge in [0.2, 0.25) is 0 Å². The first kappa shape index (κ1) is 16.3. The molecular formula is BBaCsO3. The van der Waals surface area contributed by atoms with Gasteiger partial charge >= 0.3 is 118 Å². The summed E-state index contributed by atoms with van der Waals surface area (Å²) in [6.07, 6.45) is 0. The van der Waals surface area contributed by atoms with Gasteiger partial charge in [0.15, 0.2) is 0 Å². The Balaban J connectivity index is -0.0000000450.